The molecule has 186 valence electrons. The molecule has 4 rings (SSSR count). The van der Waals surface area contributed by atoms with Crippen molar-refractivity contribution in [2.45, 2.75) is 45.4 Å². The van der Waals surface area contributed by atoms with Crippen LogP contribution in [0.5, 0.6) is 0 Å². The minimum atomic E-state index is -0.511. The molecule has 1 aromatic heterocycles. The lowest BCUT2D eigenvalue weighted by Crippen LogP contribution is -2.44. The van der Waals surface area contributed by atoms with Crippen LogP contribution >= 0.6 is 11.3 Å². The lowest BCUT2D eigenvalue weighted by Gasteiger charge is -2.33. The predicted molar refractivity (Wildman–Crippen MR) is 135 cm³/mol. The average molecular weight is 499 g/mol. The van der Waals surface area contributed by atoms with Gasteiger partial charge in [0.15, 0.2) is 5.13 Å². The molecule has 7 nitrogen and oxygen atoms in total. The van der Waals surface area contributed by atoms with Crippen LogP contribution in [-0.2, 0) is 14.4 Å². The summed E-state index contributed by atoms with van der Waals surface area (Å²) in [5, 5.41) is 2.06. The van der Waals surface area contributed by atoms with E-state index in [9.17, 15) is 18.8 Å². The van der Waals surface area contributed by atoms with Crippen molar-refractivity contribution in [2.24, 2.45) is 5.92 Å². The van der Waals surface area contributed by atoms with Gasteiger partial charge < -0.3 is 9.80 Å². The highest BCUT2D eigenvalue weighted by Gasteiger charge is 2.30. The Morgan fingerprint density at radius 2 is 1.71 bits per heavy atom. The number of aromatic nitrogens is 1. The highest BCUT2D eigenvalue weighted by Crippen LogP contribution is 2.31. The first-order valence-electron chi connectivity index (χ1n) is 12.2. The zero-order valence-electron chi connectivity index (χ0n) is 20.0. The highest BCUT2D eigenvalue weighted by molar-refractivity contribution is 7.14. The lowest BCUT2D eigenvalue weighted by molar-refractivity contribution is -0.139. The second kappa shape index (κ2) is 11.6. The molecule has 0 saturated carbocycles. The first-order chi connectivity index (χ1) is 16.9. The maximum Gasteiger partial charge on any atom is 0.246 e. The molecule has 0 N–H and O–H groups in total. The fraction of sp³-hybridized carbons (Fsp3) is 0.462. The van der Waals surface area contributed by atoms with Gasteiger partial charge in [0.05, 0.1) is 11.4 Å². The lowest BCUT2D eigenvalue weighted by atomic mass is 9.95. The fourth-order valence-corrected chi connectivity index (χ4v) is 5.50. The molecule has 0 bridgehead atoms. The molecule has 0 aliphatic carbocycles. The van der Waals surface area contributed by atoms with Crippen LogP contribution in [0, 0.1) is 11.7 Å². The van der Waals surface area contributed by atoms with E-state index in [0.29, 0.717) is 36.8 Å². The Morgan fingerprint density at radius 3 is 2.37 bits per heavy atom. The third kappa shape index (κ3) is 6.14. The molecule has 0 spiro atoms. The molecular weight excluding hydrogens is 467 g/mol. The summed E-state index contributed by atoms with van der Waals surface area (Å²) >= 11 is 1.20. The molecule has 0 radical (unpaired) electrons. The molecule has 3 amide bonds. The van der Waals surface area contributed by atoms with Crippen LogP contribution < -0.4 is 4.90 Å². The Kier molecular flexibility index (Phi) is 8.28. The standard InChI is InChI=1S/C26H31FN4O3S/c1-19(32)31(23-9-5-4-8-22(23)27)26-28-21(18-35-26)10-11-24(33)29-16-12-20(13-17-29)25(34)30-14-6-2-3-7-15-30/h4-5,8-11,18,20H,2-3,6-7,12-17H2,1H3/b11-10+. The Balaban J connectivity index is 1.34. The number of para-hydroxylation sites is 1. The van der Waals surface area contributed by atoms with E-state index in [-0.39, 0.29) is 29.3 Å². The van der Waals surface area contributed by atoms with Crippen LogP contribution in [0.2, 0.25) is 0 Å². The Morgan fingerprint density at radius 1 is 1.03 bits per heavy atom. The van der Waals surface area contributed by atoms with Crippen LogP contribution in [0.15, 0.2) is 35.7 Å². The summed E-state index contributed by atoms with van der Waals surface area (Å²) in [6, 6.07) is 6.04. The third-order valence-electron chi connectivity index (χ3n) is 6.58. The molecule has 9 heteroatoms. The predicted octanol–water partition coefficient (Wildman–Crippen LogP) is 4.62. The summed E-state index contributed by atoms with van der Waals surface area (Å²) < 4.78 is 14.2. The maximum atomic E-state index is 14.2. The minimum Gasteiger partial charge on any atom is -0.342 e. The van der Waals surface area contributed by atoms with E-state index in [4.69, 9.17) is 0 Å². The average Bonchev–Trinajstić information content (AvgIpc) is 3.15. The van der Waals surface area contributed by atoms with Crippen LogP contribution in [0.1, 0.15) is 51.1 Å². The fourth-order valence-electron chi connectivity index (χ4n) is 4.65. The Hall–Kier alpha value is -3.07. The largest absolute Gasteiger partial charge is 0.342 e. The van der Waals surface area contributed by atoms with Gasteiger partial charge >= 0.3 is 0 Å². The van der Waals surface area contributed by atoms with Crippen molar-refractivity contribution in [1.82, 2.24) is 14.8 Å². The van der Waals surface area contributed by atoms with Gasteiger partial charge in [-0.2, -0.15) is 0 Å². The number of carbonyl (C=O) groups excluding carboxylic acids is 3. The van der Waals surface area contributed by atoms with E-state index < -0.39 is 5.82 Å². The zero-order valence-corrected chi connectivity index (χ0v) is 20.8. The van der Waals surface area contributed by atoms with Gasteiger partial charge in [-0.05, 0) is 43.9 Å². The van der Waals surface area contributed by atoms with Gasteiger partial charge in [0.2, 0.25) is 17.7 Å². The molecule has 2 aliphatic heterocycles. The van der Waals surface area contributed by atoms with Crippen molar-refractivity contribution in [3.63, 3.8) is 0 Å². The molecule has 3 heterocycles. The van der Waals surface area contributed by atoms with E-state index in [1.165, 1.54) is 54.2 Å². The van der Waals surface area contributed by atoms with Crippen molar-refractivity contribution in [3.05, 3.63) is 47.2 Å². The molecule has 2 fully saturated rings. The van der Waals surface area contributed by atoms with Gasteiger partial charge in [-0.3, -0.25) is 19.3 Å². The normalized spacial score (nSPS) is 17.4. The van der Waals surface area contributed by atoms with E-state index in [1.54, 1.807) is 28.5 Å². The first-order valence-corrected chi connectivity index (χ1v) is 13.1. The third-order valence-corrected chi connectivity index (χ3v) is 7.42. The number of anilines is 2. The molecular formula is C26H31FN4O3S. The minimum absolute atomic E-state index is 0.00169. The first kappa shape index (κ1) is 25.0. The number of nitrogens with zero attached hydrogens (tertiary/aromatic N) is 4. The van der Waals surface area contributed by atoms with E-state index >= 15 is 0 Å². The van der Waals surface area contributed by atoms with Crippen LogP contribution in [0.25, 0.3) is 6.08 Å². The number of rotatable bonds is 5. The summed E-state index contributed by atoms with van der Waals surface area (Å²) in [5.41, 5.74) is 0.658. The van der Waals surface area contributed by atoms with E-state index in [0.717, 1.165) is 25.9 Å². The van der Waals surface area contributed by atoms with Crippen LogP contribution in [-0.4, -0.2) is 58.7 Å². The van der Waals surface area contributed by atoms with Crippen molar-refractivity contribution in [2.75, 3.05) is 31.1 Å². The van der Waals surface area contributed by atoms with Gasteiger partial charge in [0.25, 0.3) is 0 Å². The van der Waals surface area contributed by atoms with Crippen LogP contribution in [0.3, 0.4) is 0 Å². The molecule has 1 aromatic carbocycles. The number of hydrogen-bond donors (Lipinski definition) is 0. The summed E-state index contributed by atoms with van der Waals surface area (Å²) in [6.45, 7) is 4.18. The van der Waals surface area contributed by atoms with E-state index in [1.807, 2.05) is 4.90 Å². The number of likely N-dealkylation sites (tertiary alicyclic amines) is 2. The number of piperidine rings is 1. The Bertz CT molecular complexity index is 1090. The van der Waals surface area contributed by atoms with Crippen LogP contribution in [0.4, 0.5) is 15.2 Å². The summed E-state index contributed by atoms with van der Waals surface area (Å²) in [4.78, 5) is 47.2. The smallest absolute Gasteiger partial charge is 0.246 e. The monoisotopic (exact) mass is 498 g/mol. The molecule has 2 saturated heterocycles. The summed E-state index contributed by atoms with van der Waals surface area (Å²) in [5.74, 6) is -0.748. The molecule has 2 aliphatic rings. The second-order valence-electron chi connectivity index (χ2n) is 9.03. The molecule has 2 aromatic rings. The van der Waals surface area contributed by atoms with Gasteiger partial charge in [-0.1, -0.05) is 25.0 Å². The van der Waals surface area contributed by atoms with Gasteiger partial charge in [0.1, 0.15) is 5.82 Å². The molecule has 35 heavy (non-hydrogen) atoms. The second-order valence-corrected chi connectivity index (χ2v) is 9.87. The zero-order chi connectivity index (χ0) is 24.8. The topological polar surface area (TPSA) is 73.8 Å². The number of hydrogen-bond acceptors (Lipinski definition) is 5. The van der Waals surface area contributed by atoms with Crippen molar-refractivity contribution in [1.29, 1.82) is 0 Å². The van der Waals surface area contributed by atoms with Crippen molar-refractivity contribution in [3.8, 4) is 0 Å². The van der Waals surface area contributed by atoms with Gasteiger partial charge in [-0.25, -0.2) is 9.37 Å². The Labute approximate surface area is 209 Å². The molecule has 0 unspecified atom stereocenters. The van der Waals surface area contributed by atoms with Crippen molar-refractivity contribution >= 4 is 46.0 Å². The number of halogens is 1. The number of carbonyl (C=O) groups is 3. The summed E-state index contributed by atoms with van der Waals surface area (Å²) in [7, 11) is 0. The SMILES string of the molecule is CC(=O)N(c1nc(/C=C/C(=O)N2CCC(C(=O)N3CCCCCC3)CC2)cs1)c1ccccc1F. The highest BCUT2D eigenvalue weighted by atomic mass is 32.1. The quantitative estimate of drug-likeness (QED) is 0.564. The van der Waals surface area contributed by atoms with Crippen molar-refractivity contribution < 1.29 is 18.8 Å². The molecule has 0 atom stereocenters. The number of amides is 3. The summed E-state index contributed by atoms with van der Waals surface area (Å²) in [6.07, 6.45) is 9.00. The number of thiazole rings is 1. The maximum absolute atomic E-state index is 14.2. The van der Waals surface area contributed by atoms with Gasteiger partial charge in [0, 0.05) is 50.5 Å². The van der Waals surface area contributed by atoms with Gasteiger partial charge in [-0.15, -0.1) is 11.3 Å². The van der Waals surface area contributed by atoms with E-state index in [2.05, 4.69) is 4.98 Å². The number of benzene rings is 1.